The van der Waals surface area contributed by atoms with Crippen LogP contribution in [0.3, 0.4) is 0 Å². The number of benzene rings is 2. The van der Waals surface area contributed by atoms with Crippen LogP contribution in [0.25, 0.3) is 10.9 Å². The standard InChI is InChI=1S/C29H38N8O6/c30-20(13-17-7-2-1-3-8-17)25(39)35-22(11-6-12-33-29(31)32)26(40)36-23(27(41)37-24(16-38)28(42)43)14-18-15-34-21-10-5-4-9-19(18)21/h1-5,7-10,15,20,22-24,34,38H,6,11-14,16,30H2,(H,35,39)(H,36,40)(H,37,41)(H,42,43)(H4,31,32,33). The van der Waals surface area contributed by atoms with Gasteiger partial charge in [0.15, 0.2) is 5.96 Å². The van der Waals surface area contributed by atoms with Gasteiger partial charge in [0.1, 0.15) is 18.1 Å². The van der Waals surface area contributed by atoms with Crippen molar-refractivity contribution in [2.45, 2.75) is 49.9 Å². The number of aliphatic carboxylic acids is 1. The van der Waals surface area contributed by atoms with E-state index < -0.39 is 54.5 Å². The van der Waals surface area contributed by atoms with Crippen LogP contribution in [0.4, 0.5) is 0 Å². The Morgan fingerprint density at radius 1 is 0.837 bits per heavy atom. The van der Waals surface area contributed by atoms with Gasteiger partial charge in [-0.25, -0.2) is 4.79 Å². The number of aliphatic hydroxyl groups excluding tert-OH is 1. The SMILES string of the molecule is NC(N)=NCCCC(NC(=O)C(N)Cc1ccccc1)C(=O)NC(Cc1c[nH]c2ccccc12)C(=O)NC(CO)C(=O)O. The molecule has 43 heavy (non-hydrogen) atoms. The molecule has 0 aliphatic rings. The van der Waals surface area contributed by atoms with Crippen molar-refractivity contribution in [3.63, 3.8) is 0 Å². The van der Waals surface area contributed by atoms with E-state index in [9.17, 15) is 29.4 Å². The Morgan fingerprint density at radius 3 is 2.14 bits per heavy atom. The first-order chi connectivity index (χ1) is 20.6. The molecule has 230 valence electrons. The molecule has 4 atom stereocenters. The molecule has 3 aromatic rings. The monoisotopic (exact) mass is 594 g/mol. The Hall–Kier alpha value is -4.95. The Labute approximate surface area is 248 Å². The summed E-state index contributed by atoms with van der Waals surface area (Å²) in [4.78, 5) is 58.3. The average Bonchev–Trinajstić information content (AvgIpc) is 3.39. The minimum Gasteiger partial charge on any atom is -0.480 e. The normalized spacial score (nSPS) is 13.7. The largest absolute Gasteiger partial charge is 0.480 e. The Bertz CT molecular complexity index is 1420. The zero-order valence-electron chi connectivity index (χ0n) is 23.5. The topological polar surface area (TPSA) is 251 Å². The number of hydrogen-bond donors (Lipinski definition) is 9. The summed E-state index contributed by atoms with van der Waals surface area (Å²) in [6.07, 6.45) is 2.34. The summed E-state index contributed by atoms with van der Waals surface area (Å²) < 4.78 is 0. The number of amides is 3. The van der Waals surface area contributed by atoms with Gasteiger partial charge < -0.3 is 48.3 Å². The summed E-state index contributed by atoms with van der Waals surface area (Å²) >= 11 is 0. The summed E-state index contributed by atoms with van der Waals surface area (Å²) in [5.41, 5.74) is 19.3. The number of carboxylic acids is 1. The Morgan fingerprint density at radius 2 is 1.47 bits per heavy atom. The number of H-pyrrole nitrogens is 1. The first kappa shape index (κ1) is 32.6. The number of nitrogens with two attached hydrogens (primary N) is 3. The third-order valence-electron chi connectivity index (χ3n) is 6.74. The smallest absolute Gasteiger partial charge is 0.328 e. The van der Waals surface area contributed by atoms with Gasteiger partial charge in [-0.1, -0.05) is 48.5 Å². The van der Waals surface area contributed by atoms with Gasteiger partial charge in [-0.05, 0) is 36.5 Å². The maximum absolute atomic E-state index is 13.6. The quantitative estimate of drug-likeness (QED) is 0.0551. The number of nitrogens with one attached hydrogen (secondary N) is 4. The highest BCUT2D eigenvalue weighted by atomic mass is 16.4. The third-order valence-corrected chi connectivity index (χ3v) is 6.74. The first-order valence-corrected chi connectivity index (χ1v) is 13.7. The summed E-state index contributed by atoms with van der Waals surface area (Å²) in [6, 6.07) is 11.6. The molecule has 0 radical (unpaired) electrons. The number of aromatic nitrogens is 1. The number of carboxylic acid groups (broad SMARTS) is 1. The average molecular weight is 595 g/mol. The van der Waals surface area contributed by atoms with Crippen molar-refractivity contribution < 1.29 is 29.4 Å². The number of nitrogens with zero attached hydrogens (tertiary/aromatic N) is 1. The van der Waals surface area contributed by atoms with Crippen LogP contribution in [-0.4, -0.2) is 82.2 Å². The van der Waals surface area contributed by atoms with E-state index in [1.165, 1.54) is 0 Å². The zero-order valence-corrected chi connectivity index (χ0v) is 23.5. The van der Waals surface area contributed by atoms with E-state index in [4.69, 9.17) is 17.2 Å². The molecule has 12 N–H and O–H groups in total. The molecule has 0 bridgehead atoms. The number of aliphatic imine (C=N–C) groups is 1. The number of carbonyl (C=O) groups is 4. The predicted molar refractivity (Wildman–Crippen MR) is 161 cm³/mol. The number of guanidine groups is 1. The minimum absolute atomic E-state index is 0.0124. The second kappa shape index (κ2) is 15.9. The van der Waals surface area contributed by atoms with Crippen LogP contribution >= 0.6 is 0 Å². The van der Waals surface area contributed by atoms with Crippen molar-refractivity contribution in [3.05, 3.63) is 71.9 Å². The molecule has 3 rings (SSSR count). The number of hydrogen-bond acceptors (Lipinski definition) is 7. The van der Waals surface area contributed by atoms with Gasteiger partial charge in [-0.15, -0.1) is 0 Å². The van der Waals surface area contributed by atoms with E-state index in [0.29, 0.717) is 12.0 Å². The molecule has 3 amide bonds. The zero-order chi connectivity index (χ0) is 31.4. The van der Waals surface area contributed by atoms with Gasteiger partial charge in [0.25, 0.3) is 0 Å². The molecule has 1 heterocycles. The van der Waals surface area contributed by atoms with Gasteiger partial charge in [0, 0.05) is 30.1 Å². The lowest BCUT2D eigenvalue weighted by Crippen LogP contribution is -2.58. The maximum atomic E-state index is 13.6. The van der Waals surface area contributed by atoms with Crippen LogP contribution in [0.1, 0.15) is 24.0 Å². The van der Waals surface area contributed by atoms with Crippen LogP contribution in [0, 0.1) is 0 Å². The van der Waals surface area contributed by atoms with Crippen molar-refractivity contribution in [1.29, 1.82) is 0 Å². The lowest BCUT2D eigenvalue weighted by molar-refractivity contribution is -0.143. The van der Waals surface area contributed by atoms with Gasteiger partial charge in [-0.3, -0.25) is 19.4 Å². The number of carbonyl (C=O) groups excluding carboxylic acids is 3. The van der Waals surface area contributed by atoms with Crippen molar-refractivity contribution >= 4 is 40.6 Å². The first-order valence-electron chi connectivity index (χ1n) is 13.7. The molecule has 4 unspecified atom stereocenters. The summed E-state index contributed by atoms with van der Waals surface area (Å²) in [5, 5.41) is 27.2. The van der Waals surface area contributed by atoms with Gasteiger partial charge >= 0.3 is 5.97 Å². The summed E-state index contributed by atoms with van der Waals surface area (Å²) in [6.45, 7) is -0.661. The van der Waals surface area contributed by atoms with E-state index >= 15 is 0 Å². The molecule has 0 saturated carbocycles. The van der Waals surface area contributed by atoms with E-state index in [0.717, 1.165) is 16.5 Å². The fourth-order valence-corrected chi connectivity index (χ4v) is 4.47. The van der Waals surface area contributed by atoms with Crippen LogP contribution in [0.5, 0.6) is 0 Å². The number of aliphatic hydroxyl groups is 1. The Balaban J connectivity index is 1.82. The molecule has 0 fully saturated rings. The fourth-order valence-electron chi connectivity index (χ4n) is 4.47. The molecule has 1 aromatic heterocycles. The molecule has 0 aliphatic carbocycles. The van der Waals surface area contributed by atoms with E-state index in [1.54, 1.807) is 6.20 Å². The number of fused-ring (bicyclic) bond motifs is 1. The fraction of sp³-hybridized carbons (Fsp3) is 0.345. The Kier molecular flexibility index (Phi) is 12.0. The van der Waals surface area contributed by atoms with Crippen molar-refractivity contribution in [2.75, 3.05) is 13.2 Å². The lowest BCUT2D eigenvalue weighted by Gasteiger charge is -2.25. The van der Waals surface area contributed by atoms with Gasteiger partial charge in [0.2, 0.25) is 17.7 Å². The van der Waals surface area contributed by atoms with E-state index in [2.05, 4.69) is 25.9 Å². The molecule has 0 saturated heterocycles. The van der Waals surface area contributed by atoms with Gasteiger partial charge in [0.05, 0.1) is 12.6 Å². The number of aromatic amines is 1. The summed E-state index contributed by atoms with van der Waals surface area (Å²) in [7, 11) is 0. The summed E-state index contributed by atoms with van der Waals surface area (Å²) in [5.74, 6) is -3.66. The molecular formula is C29H38N8O6. The van der Waals surface area contributed by atoms with E-state index in [1.807, 2.05) is 54.6 Å². The highest BCUT2D eigenvalue weighted by Gasteiger charge is 2.31. The second-order valence-electron chi connectivity index (χ2n) is 10.0. The number of para-hydroxylation sites is 1. The minimum atomic E-state index is -1.58. The molecule has 0 aliphatic heterocycles. The molecule has 14 nitrogen and oxygen atoms in total. The van der Waals surface area contributed by atoms with Crippen molar-refractivity contribution in [1.82, 2.24) is 20.9 Å². The maximum Gasteiger partial charge on any atom is 0.328 e. The van der Waals surface area contributed by atoms with Crippen LogP contribution in [-0.2, 0) is 32.0 Å². The van der Waals surface area contributed by atoms with Crippen LogP contribution in [0.15, 0.2) is 65.8 Å². The van der Waals surface area contributed by atoms with Crippen LogP contribution in [0.2, 0.25) is 0 Å². The number of rotatable bonds is 16. The van der Waals surface area contributed by atoms with Crippen molar-refractivity contribution in [3.8, 4) is 0 Å². The van der Waals surface area contributed by atoms with Crippen molar-refractivity contribution in [2.24, 2.45) is 22.2 Å². The second-order valence-corrected chi connectivity index (χ2v) is 10.0. The molecule has 0 spiro atoms. The highest BCUT2D eigenvalue weighted by Crippen LogP contribution is 2.19. The van der Waals surface area contributed by atoms with Gasteiger partial charge in [-0.2, -0.15) is 0 Å². The highest BCUT2D eigenvalue weighted by molar-refractivity contribution is 5.95. The van der Waals surface area contributed by atoms with E-state index in [-0.39, 0.29) is 31.8 Å². The predicted octanol–water partition coefficient (Wildman–Crippen LogP) is -1.13. The lowest BCUT2D eigenvalue weighted by atomic mass is 10.0. The molecular weight excluding hydrogens is 556 g/mol. The molecule has 14 heteroatoms. The van der Waals surface area contributed by atoms with Crippen LogP contribution < -0.4 is 33.2 Å². The molecule has 2 aromatic carbocycles. The third kappa shape index (κ3) is 9.83.